The van der Waals surface area contributed by atoms with E-state index in [0.717, 1.165) is 39.3 Å². The van der Waals surface area contributed by atoms with Crippen LogP contribution in [0.4, 0.5) is 0 Å². The van der Waals surface area contributed by atoms with Gasteiger partial charge in [-0.15, -0.1) is 0 Å². The van der Waals surface area contributed by atoms with Crippen LogP contribution >= 0.6 is 0 Å². The molecule has 0 spiro atoms. The fraction of sp³-hybridized carbons (Fsp3) is 0.696. The standard InChI is InChI=1S/C23H37N3O3/c1-4-25-12-14-26(15-13-25)23(10-6-5-7-11-23)18-24-17-20(27)19-8-9-21(28-2)22(16-19)29-3/h8-9,16,24H,4-7,10-15,17-18H2,1-3H3. The molecule has 1 aromatic carbocycles. The van der Waals surface area contributed by atoms with Crippen molar-refractivity contribution in [2.45, 2.75) is 44.6 Å². The van der Waals surface area contributed by atoms with Gasteiger partial charge in [-0.1, -0.05) is 26.2 Å². The number of hydrogen-bond acceptors (Lipinski definition) is 6. The first-order valence-corrected chi connectivity index (χ1v) is 11.1. The van der Waals surface area contributed by atoms with Gasteiger partial charge in [-0.25, -0.2) is 0 Å². The smallest absolute Gasteiger partial charge is 0.176 e. The summed E-state index contributed by atoms with van der Waals surface area (Å²) >= 11 is 0. The van der Waals surface area contributed by atoms with Crippen LogP contribution in [-0.2, 0) is 0 Å². The van der Waals surface area contributed by atoms with Crippen molar-refractivity contribution < 1.29 is 14.3 Å². The number of nitrogens with zero attached hydrogens (tertiary/aromatic N) is 2. The Morgan fingerprint density at radius 1 is 1.03 bits per heavy atom. The Bertz CT molecular complexity index is 665. The summed E-state index contributed by atoms with van der Waals surface area (Å²) in [5, 5.41) is 3.51. The van der Waals surface area contributed by atoms with Gasteiger partial charge in [0.05, 0.1) is 20.8 Å². The second-order valence-electron chi connectivity index (χ2n) is 8.30. The summed E-state index contributed by atoms with van der Waals surface area (Å²) < 4.78 is 10.6. The van der Waals surface area contributed by atoms with Crippen LogP contribution in [0, 0.1) is 0 Å². The largest absolute Gasteiger partial charge is 0.493 e. The Kier molecular flexibility index (Phi) is 7.92. The molecule has 1 aliphatic heterocycles. The third kappa shape index (κ3) is 5.30. The minimum atomic E-state index is 0.0905. The van der Waals surface area contributed by atoms with Gasteiger partial charge >= 0.3 is 0 Å². The van der Waals surface area contributed by atoms with Crippen molar-refractivity contribution in [1.82, 2.24) is 15.1 Å². The average molecular weight is 404 g/mol. The molecule has 1 aliphatic carbocycles. The van der Waals surface area contributed by atoms with E-state index in [2.05, 4.69) is 22.0 Å². The molecule has 29 heavy (non-hydrogen) atoms. The van der Waals surface area contributed by atoms with Gasteiger partial charge in [0.2, 0.25) is 0 Å². The highest BCUT2D eigenvalue weighted by molar-refractivity contribution is 5.98. The number of ether oxygens (including phenoxy) is 2. The highest BCUT2D eigenvalue weighted by Crippen LogP contribution is 2.34. The zero-order chi connectivity index (χ0) is 20.7. The zero-order valence-electron chi connectivity index (χ0n) is 18.3. The summed E-state index contributed by atoms with van der Waals surface area (Å²) in [5.74, 6) is 1.33. The first-order chi connectivity index (χ1) is 14.1. The topological polar surface area (TPSA) is 54.0 Å². The van der Waals surface area contributed by atoms with E-state index in [9.17, 15) is 4.79 Å². The number of nitrogens with one attached hydrogen (secondary N) is 1. The molecule has 0 radical (unpaired) electrons. The molecule has 1 saturated heterocycles. The zero-order valence-corrected chi connectivity index (χ0v) is 18.3. The predicted molar refractivity (Wildman–Crippen MR) is 116 cm³/mol. The van der Waals surface area contributed by atoms with E-state index in [-0.39, 0.29) is 11.3 Å². The van der Waals surface area contributed by atoms with Gasteiger partial charge in [0.25, 0.3) is 0 Å². The number of carbonyl (C=O) groups excluding carboxylic acids is 1. The molecule has 0 atom stereocenters. The normalized spacial score (nSPS) is 20.4. The molecular formula is C23H37N3O3. The highest BCUT2D eigenvalue weighted by atomic mass is 16.5. The second-order valence-corrected chi connectivity index (χ2v) is 8.30. The summed E-state index contributed by atoms with van der Waals surface area (Å²) in [6.07, 6.45) is 6.38. The molecule has 2 fully saturated rings. The molecule has 6 nitrogen and oxygen atoms in total. The quantitative estimate of drug-likeness (QED) is 0.640. The monoisotopic (exact) mass is 403 g/mol. The number of piperazine rings is 1. The number of rotatable bonds is 9. The Hall–Kier alpha value is -1.63. The molecular weight excluding hydrogens is 366 g/mol. The molecule has 1 saturated carbocycles. The Morgan fingerprint density at radius 3 is 2.34 bits per heavy atom. The van der Waals surface area contributed by atoms with Gasteiger partial charge in [-0.2, -0.15) is 0 Å². The summed E-state index contributed by atoms with van der Waals surface area (Å²) in [6, 6.07) is 5.37. The number of hydrogen-bond donors (Lipinski definition) is 1. The van der Waals surface area contributed by atoms with E-state index in [1.165, 1.54) is 32.1 Å². The lowest BCUT2D eigenvalue weighted by atomic mass is 9.79. The number of ketones is 1. The minimum Gasteiger partial charge on any atom is -0.493 e. The molecule has 0 unspecified atom stereocenters. The maximum atomic E-state index is 12.7. The van der Waals surface area contributed by atoms with E-state index < -0.39 is 0 Å². The van der Waals surface area contributed by atoms with Crippen molar-refractivity contribution in [3.05, 3.63) is 23.8 Å². The van der Waals surface area contributed by atoms with Gasteiger partial charge in [0.1, 0.15) is 0 Å². The lowest BCUT2D eigenvalue weighted by molar-refractivity contribution is 0.00929. The molecule has 3 rings (SSSR count). The van der Waals surface area contributed by atoms with Crippen LogP contribution in [0.1, 0.15) is 49.4 Å². The molecule has 162 valence electrons. The fourth-order valence-corrected chi connectivity index (χ4v) is 4.87. The molecule has 0 bridgehead atoms. The van der Waals surface area contributed by atoms with Crippen LogP contribution < -0.4 is 14.8 Å². The van der Waals surface area contributed by atoms with Gasteiger partial charge in [0.15, 0.2) is 17.3 Å². The van der Waals surface area contributed by atoms with E-state index >= 15 is 0 Å². The van der Waals surface area contributed by atoms with Gasteiger partial charge in [0, 0.05) is 43.8 Å². The summed E-state index contributed by atoms with van der Waals surface area (Å²) in [7, 11) is 3.19. The maximum Gasteiger partial charge on any atom is 0.176 e. The number of likely N-dealkylation sites (N-methyl/N-ethyl adjacent to an activating group) is 1. The number of carbonyl (C=O) groups is 1. The number of Topliss-reactive ketones (excluding diaryl/α,β-unsaturated/α-hetero) is 1. The second kappa shape index (κ2) is 10.4. The predicted octanol–water partition coefficient (Wildman–Crippen LogP) is 2.82. The molecule has 1 aromatic rings. The van der Waals surface area contributed by atoms with Crippen molar-refractivity contribution in [1.29, 1.82) is 0 Å². The Balaban J connectivity index is 1.59. The molecule has 1 heterocycles. The minimum absolute atomic E-state index is 0.0905. The Labute approximate surface area is 175 Å². The van der Waals surface area contributed by atoms with Gasteiger partial charge in [-0.05, 0) is 37.6 Å². The van der Waals surface area contributed by atoms with Crippen LogP contribution in [0.15, 0.2) is 18.2 Å². The van der Waals surface area contributed by atoms with Gasteiger partial charge < -0.3 is 19.7 Å². The number of benzene rings is 1. The van der Waals surface area contributed by atoms with Crippen molar-refractivity contribution in [3.63, 3.8) is 0 Å². The molecule has 0 aromatic heterocycles. The number of methoxy groups -OCH3 is 2. The van der Waals surface area contributed by atoms with Crippen molar-refractivity contribution >= 4 is 5.78 Å². The highest BCUT2D eigenvalue weighted by Gasteiger charge is 2.38. The average Bonchev–Trinajstić information content (AvgIpc) is 2.79. The van der Waals surface area contributed by atoms with E-state index in [4.69, 9.17) is 9.47 Å². The van der Waals surface area contributed by atoms with Crippen molar-refractivity contribution in [2.24, 2.45) is 0 Å². The first kappa shape index (κ1) is 22.1. The van der Waals surface area contributed by atoms with E-state index in [1.54, 1.807) is 26.4 Å². The van der Waals surface area contributed by atoms with Crippen molar-refractivity contribution in [3.8, 4) is 11.5 Å². The molecule has 1 N–H and O–H groups in total. The summed E-state index contributed by atoms with van der Waals surface area (Å²) in [4.78, 5) is 18.0. The van der Waals surface area contributed by atoms with E-state index in [1.807, 2.05) is 6.07 Å². The summed E-state index contributed by atoms with van der Waals surface area (Å²) in [6.45, 7) is 9.21. The van der Waals surface area contributed by atoms with Crippen LogP contribution in [0.3, 0.4) is 0 Å². The van der Waals surface area contributed by atoms with Crippen LogP contribution in [0.2, 0.25) is 0 Å². The lowest BCUT2D eigenvalue weighted by Gasteiger charge is -2.50. The van der Waals surface area contributed by atoms with Crippen LogP contribution in [0.25, 0.3) is 0 Å². The SMILES string of the molecule is CCN1CCN(C2(CNCC(=O)c3ccc(OC)c(OC)c3)CCCCC2)CC1. The molecule has 6 heteroatoms. The van der Waals surface area contributed by atoms with Crippen molar-refractivity contribution in [2.75, 3.05) is 60.0 Å². The van der Waals surface area contributed by atoms with E-state index in [0.29, 0.717) is 23.6 Å². The Morgan fingerprint density at radius 2 is 1.72 bits per heavy atom. The van der Waals surface area contributed by atoms with Crippen LogP contribution in [-0.4, -0.2) is 81.2 Å². The fourth-order valence-electron chi connectivity index (χ4n) is 4.87. The van der Waals surface area contributed by atoms with Crippen LogP contribution in [0.5, 0.6) is 11.5 Å². The third-order valence-corrected chi connectivity index (χ3v) is 6.72. The molecule has 0 amide bonds. The first-order valence-electron chi connectivity index (χ1n) is 11.1. The molecule has 2 aliphatic rings. The third-order valence-electron chi connectivity index (χ3n) is 6.72. The maximum absolute atomic E-state index is 12.7. The van der Waals surface area contributed by atoms with Gasteiger partial charge in [-0.3, -0.25) is 9.69 Å². The lowest BCUT2D eigenvalue weighted by Crippen LogP contribution is -2.61. The summed E-state index contributed by atoms with van der Waals surface area (Å²) in [5.41, 5.74) is 0.861.